The zero-order valence-corrected chi connectivity index (χ0v) is 13.8. The number of aromatic nitrogens is 3. The molecule has 0 aliphatic heterocycles. The largest absolute Gasteiger partial charge is 0.378 e. The summed E-state index contributed by atoms with van der Waals surface area (Å²) in [5.41, 5.74) is 7.80. The number of hydrogen-bond acceptors (Lipinski definition) is 5. The first kappa shape index (κ1) is 15.7. The summed E-state index contributed by atoms with van der Waals surface area (Å²) in [6.07, 6.45) is 7.35. The SMILES string of the molecule is CC(O)(C#Cc1cc2c(cn1)CC=C2c1nc(N)ncc1F)C1CC1. The van der Waals surface area contributed by atoms with Gasteiger partial charge < -0.3 is 10.8 Å². The van der Waals surface area contributed by atoms with Crippen LogP contribution >= 0.6 is 0 Å². The van der Waals surface area contributed by atoms with Crippen molar-refractivity contribution in [2.24, 2.45) is 5.92 Å². The lowest BCUT2D eigenvalue weighted by molar-refractivity contribution is 0.0980. The molecule has 2 aromatic heterocycles. The predicted molar refractivity (Wildman–Crippen MR) is 91.6 cm³/mol. The van der Waals surface area contributed by atoms with Crippen LogP contribution < -0.4 is 5.73 Å². The smallest absolute Gasteiger partial charge is 0.220 e. The van der Waals surface area contributed by atoms with Gasteiger partial charge in [0.05, 0.1) is 6.20 Å². The average molecular weight is 336 g/mol. The minimum Gasteiger partial charge on any atom is -0.378 e. The summed E-state index contributed by atoms with van der Waals surface area (Å²) in [6.45, 7) is 1.73. The number of hydrogen-bond donors (Lipinski definition) is 2. The number of nitrogens with two attached hydrogens (primary N) is 1. The van der Waals surface area contributed by atoms with E-state index in [-0.39, 0.29) is 17.6 Å². The lowest BCUT2D eigenvalue weighted by Gasteiger charge is -2.14. The lowest BCUT2D eigenvalue weighted by atomic mass is 10.0. The molecule has 25 heavy (non-hydrogen) atoms. The monoisotopic (exact) mass is 336 g/mol. The number of halogens is 1. The maximum Gasteiger partial charge on any atom is 0.220 e. The molecule has 1 atom stereocenters. The highest BCUT2D eigenvalue weighted by Gasteiger charge is 2.38. The summed E-state index contributed by atoms with van der Waals surface area (Å²) in [7, 11) is 0. The molecule has 0 saturated heterocycles. The molecule has 126 valence electrons. The zero-order valence-electron chi connectivity index (χ0n) is 13.8. The Morgan fingerprint density at radius 3 is 2.88 bits per heavy atom. The fourth-order valence-electron chi connectivity index (χ4n) is 3.02. The fourth-order valence-corrected chi connectivity index (χ4v) is 3.02. The number of allylic oxidation sites excluding steroid dienone is 1. The lowest BCUT2D eigenvalue weighted by Crippen LogP contribution is -2.24. The number of nitrogen functional groups attached to an aromatic ring is 1. The van der Waals surface area contributed by atoms with Crippen LogP contribution in [0.3, 0.4) is 0 Å². The molecule has 0 radical (unpaired) electrons. The number of aliphatic hydroxyl groups is 1. The Balaban J connectivity index is 1.70. The van der Waals surface area contributed by atoms with Crippen molar-refractivity contribution in [1.29, 1.82) is 0 Å². The van der Waals surface area contributed by atoms with E-state index in [1.165, 1.54) is 0 Å². The Labute approximate surface area is 144 Å². The minimum atomic E-state index is -0.993. The second-order valence-electron chi connectivity index (χ2n) is 6.65. The zero-order chi connectivity index (χ0) is 17.6. The van der Waals surface area contributed by atoms with Gasteiger partial charge in [-0.15, -0.1) is 0 Å². The van der Waals surface area contributed by atoms with Crippen LogP contribution in [0.5, 0.6) is 0 Å². The van der Waals surface area contributed by atoms with Crippen molar-refractivity contribution < 1.29 is 9.50 Å². The van der Waals surface area contributed by atoms with Crippen LogP contribution in [-0.4, -0.2) is 25.7 Å². The van der Waals surface area contributed by atoms with Crippen LogP contribution in [0.4, 0.5) is 10.3 Å². The molecule has 2 aliphatic carbocycles. The molecule has 0 aromatic carbocycles. The third-order valence-electron chi connectivity index (χ3n) is 4.64. The van der Waals surface area contributed by atoms with E-state index in [4.69, 9.17) is 5.73 Å². The number of nitrogens with zero attached hydrogens (tertiary/aromatic N) is 3. The van der Waals surface area contributed by atoms with Gasteiger partial charge in [0.2, 0.25) is 5.95 Å². The van der Waals surface area contributed by atoms with E-state index in [0.717, 1.165) is 30.2 Å². The Morgan fingerprint density at radius 1 is 1.32 bits per heavy atom. The maximum absolute atomic E-state index is 14.1. The van der Waals surface area contributed by atoms with E-state index in [0.29, 0.717) is 17.7 Å². The van der Waals surface area contributed by atoms with E-state index < -0.39 is 11.4 Å². The van der Waals surface area contributed by atoms with E-state index in [2.05, 4.69) is 26.8 Å². The van der Waals surface area contributed by atoms with Crippen LogP contribution in [0.1, 0.15) is 42.3 Å². The van der Waals surface area contributed by atoms with E-state index in [1.807, 2.05) is 12.1 Å². The number of pyridine rings is 1. The van der Waals surface area contributed by atoms with Gasteiger partial charge in [-0.25, -0.2) is 19.3 Å². The molecule has 6 heteroatoms. The summed E-state index contributed by atoms with van der Waals surface area (Å²) >= 11 is 0. The fraction of sp³-hybridized carbons (Fsp3) is 0.316. The van der Waals surface area contributed by atoms with Crippen molar-refractivity contribution in [1.82, 2.24) is 15.0 Å². The molecule has 1 fully saturated rings. The third kappa shape index (κ3) is 2.99. The maximum atomic E-state index is 14.1. The Kier molecular flexibility index (Phi) is 3.55. The van der Waals surface area contributed by atoms with Crippen LogP contribution in [0.2, 0.25) is 0 Å². The van der Waals surface area contributed by atoms with Gasteiger partial charge in [0.25, 0.3) is 0 Å². The van der Waals surface area contributed by atoms with Crippen molar-refractivity contribution in [3.8, 4) is 11.8 Å². The van der Waals surface area contributed by atoms with E-state index >= 15 is 0 Å². The van der Waals surface area contributed by atoms with Gasteiger partial charge in [0.1, 0.15) is 17.0 Å². The molecule has 4 rings (SSSR count). The van der Waals surface area contributed by atoms with Gasteiger partial charge in [0, 0.05) is 11.8 Å². The molecule has 2 aliphatic rings. The van der Waals surface area contributed by atoms with Crippen molar-refractivity contribution in [2.45, 2.75) is 31.8 Å². The molecule has 5 nitrogen and oxygen atoms in total. The summed E-state index contributed by atoms with van der Waals surface area (Å²) in [6, 6.07) is 1.81. The molecular weight excluding hydrogens is 319 g/mol. The first-order valence-electron chi connectivity index (χ1n) is 8.17. The highest BCUT2D eigenvalue weighted by Crippen LogP contribution is 2.39. The number of fused-ring (bicyclic) bond motifs is 1. The second kappa shape index (κ2) is 5.64. The van der Waals surface area contributed by atoms with Crippen molar-refractivity contribution in [3.05, 3.63) is 52.9 Å². The quantitative estimate of drug-likeness (QED) is 0.820. The van der Waals surface area contributed by atoms with E-state index in [9.17, 15) is 9.50 Å². The van der Waals surface area contributed by atoms with Crippen LogP contribution in [0, 0.1) is 23.6 Å². The third-order valence-corrected chi connectivity index (χ3v) is 4.64. The van der Waals surface area contributed by atoms with Gasteiger partial charge in [-0.2, -0.15) is 0 Å². The Hall–Kier alpha value is -2.78. The van der Waals surface area contributed by atoms with Crippen molar-refractivity contribution in [3.63, 3.8) is 0 Å². The van der Waals surface area contributed by atoms with E-state index in [1.54, 1.807) is 13.1 Å². The minimum absolute atomic E-state index is 0.0281. The molecule has 2 aromatic rings. The van der Waals surface area contributed by atoms with Crippen LogP contribution in [0.15, 0.2) is 24.5 Å². The van der Waals surface area contributed by atoms with Crippen LogP contribution in [0.25, 0.3) is 5.57 Å². The molecule has 0 spiro atoms. The molecule has 0 amide bonds. The Bertz CT molecular complexity index is 952. The standard InChI is InChI=1S/C19H17FN4O/c1-19(25,12-3-4-12)7-6-13-8-15-11(9-22-13)2-5-14(15)17-16(20)10-23-18(21)24-17/h5,8-10,12,25H,2-4H2,1H3,(H2,21,23,24). The highest BCUT2D eigenvalue weighted by atomic mass is 19.1. The van der Waals surface area contributed by atoms with Gasteiger partial charge in [-0.1, -0.05) is 12.0 Å². The van der Waals surface area contributed by atoms with Gasteiger partial charge in [-0.3, -0.25) is 0 Å². The molecule has 2 heterocycles. The molecule has 1 unspecified atom stereocenters. The summed E-state index contributed by atoms with van der Waals surface area (Å²) in [5.74, 6) is 5.60. The van der Waals surface area contributed by atoms with Gasteiger partial charge >= 0.3 is 0 Å². The summed E-state index contributed by atoms with van der Waals surface area (Å²) in [5, 5.41) is 10.3. The summed E-state index contributed by atoms with van der Waals surface area (Å²) in [4.78, 5) is 12.0. The number of anilines is 1. The van der Waals surface area contributed by atoms with Crippen molar-refractivity contribution >= 4 is 11.5 Å². The first-order valence-corrected chi connectivity index (χ1v) is 8.17. The van der Waals surface area contributed by atoms with Crippen LogP contribution in [-0.2, 0) is 6.42 Å². The molecule has 3 N–H and O–H groups in total. The second-order valence-corrected chi connectivity index (χ2v) is 6.65. The first-order chi connectivity index (χ1) is 11.9. The molecular formula is C19H17FN4O. The molecule has 0 bridgehead atoms. The summed E-state index contributed by atoms with van der Waals surface area (Å²) < 4.78 is 14.1. The Morgan fingerprint density at radius 2 is 2.12 bits per heavy atom. The van der Waals surface area contributed by atoms with Gasteiger partial charge in [0.15, 0.2) is 5.82 Å². The van der Waals surface area contributed by atoms with Crippen molar-refractivity contribution in [2.75, 3.05) is 5.73 Å². The normalized spacial score (nSPS) is 18.0. The number of rotatable bonds is 2. The van der Waals surface area contributed by atoms with Gasteiger partial charge in [-0.05, 0) is 55.2 Å². The average Bonchev–Trinajstić information content (AvgIpc) is 3.37. The molecule has 1 saturated carbocycles. The predicted octanol–water partition coefficient (Wildman–Crippen LogP) is 2.09. The topological polar surface area (TPSA) is 84.9 Å². The highest BCUT2D eigenvalue weighted by molar-refractivity contribution is 5.83.